The van der Waals surface area contributed by atoms with Crippen molar-refractivity contribution in [2.45, 2.75) is 40.7 Å². The fourth-order valence-electron chi connectivity index (χ4n) is 2.67. The van der Waals surface area contributed by atoms with Gasteiger partial charge in [0.25, 0.3) is 5.91 Å². The monoisotopic (exact) mass is 360 g/mol. The Kier molecular flexibility index (Phi) is 5.59. The second-order valence-corrected chi connectivity index (χ2v) is 6.18. The molecule has 0 saturated carbocycles. The predicted molar refractivity (Wildman–Crippen MR) is 94.9 cm³/mol. The smallest absolute Gasteiger partial charge is 0.355 e. The van der Waals surface area contributed by atoms with Gasteiger partial charge in [0, 0.05) is 16.9 Å². The number of ketones is 1. The molecule has 0 aliphatic carbocycles. The van der Waals surface area contributed by atoms with Crippen molar-refractivity contribution in [1.29, 1.82) is 0 Å². The molecule has 0 unspecified atom stereocenters. The van der Waals surface area contributed by atoms with E-state index in [9.17, 15) is 18.8 Å². The molecule has 7 heteroatoms. The average molecular weight is 360 g/mol. The summed E-state index contributed by atoms with van der Waals surface area (Å²) in [4.78, 5) is 38.9. The van der Waals surface area contributed by atoms with Gasteiger partial charge in [-0.1, -0.05) is 6.07 Å². The Hall–Kier alpha value is -2.96. The van der Waals surface area contributed by atoms with Crippen LogP contribution in [0.5, 0.6) is 0 Å². The van der Waals surface area contributed by atoms with Crippen LogP contribution >= 0.6 is 0 Å². The Morgan fingerprint density at radius 2 is 1.85 bits per heavy atom. The molecule has 0 aliphatic heterocycles. The minimum atomic E-state index is -1.10. The van der Waals surface area contributed by atoms with E-state index in [1.165, 1.54) is 26.0 Å². The van der Waals surface area contributed by atoms with E-state index in [0.29, 0.717) is 22.4 Å². The molecule has 0 bridgehead atoms. The van der Waals surface area contributed by atoms with Crippen LogP contribution in [0.2, 0.25) is 0 Å². The first-order valence-electron chi connectivity index (χ1n) is 8.10. The van der Waals surface area contributed by atoms with E-state index in [0.717, 1.165) is 0 Å². The standard InChI is InChI=1S/C19H21FN2O4/c1-9-6-7-14(8-15(9)20)22-18(24)13(5)26-19(25)17-10(2)16(12(4)23)11(3)21-17/h6-8,13,21H,1-5H3,(H,22,24)/t13-/m1/s1. The first-order valence-corrected chi connectivity index (χ1v) is 8.10. The van der Waals surface area contributed by atoms with Gasteiger partial charge in [-0.25, -0.2) is 9.18 Å². The highest BCUT2D eigenvalue weighted by Crippen LogP contribution is 2.20. The van der Waals surface area contributed by atoms with E-state index in [2.05, 4.69) is 10.3 Å². The lowest BCUT2D eigenvalue weighted by molar-refractivity contribution is -0.123. The Labute approximate surface area is 150 Å². The largest absolute Gasteiger partial charge is 0.448 e. The minimum absolute atomic E-state index is 0.133. The SMILES string of the molecule is CC(=O)c1c(C)[nH]c(C(=O)O[C@H](C)C(=O)Nc2ccc(C)c(F)c2)c1C. The summed E-state index contributed by atoms with van der Waals surface area (Å²) in [5, 5.41) is 2.50. The van der Waals surface area contributed by atoms with Crippen LogP contribution in [0.1, 0.15) is 51.5 Å². The van der Waals surface area contributed by atoms with Crippen molar-refractivity contribution in [2.24, 2.45) is 0 Å². The summed E-state index contributed by atoms with van der Waals surface area (Å²) in [6, 6.07) is 4.29. The zero-order chi connectivity index (χ0) is 19.6. The number of hydrogen-bond donors (Lipinski definition) is 2. The number of esters is 1. The number of aromatic nitrogens is 1. The molecule has 0 aliphatic rings. The number of carbonyl (C=O) groups excluding carboxylic acids is 3. The van der Waals surface area contributed by atoms with Gasteiger partial charge in [0.15, 0.2) is 11.9 Å². The summed E-state index contributed by atoms with van der Waals surface area (Å²) < 4.78 is 18.7. The highest BCUT2D eigenvalue weighted by molar-refractivity contribution is 6.02. The lowest BCUT2D eigenvalue weighted by Crippen LogP contribution is -2.30. The van der Waals surface area contributed by atoms with E-state index in [-0.39, 0.29) is 17.2 Å². The lowest BCUT2D eigenvalue weighted by atomic mass is 10.1. The Morgan fingerprint density at radius 3 is 2.38 bits per heavy atom. The Bertz CT molecular complexity index is 886. The normalized spacial score (nSPS) is 11.8. The third kappa shape index (κ3) is 3.99. The highest BCUT2D eigenvalue weighted by atomic mass is 19.1. The summed E-state index contributed by atoms with van der Waals surface area (Å²) in [5.41, 5.74) is 2.34. The number of carbonyl (C=O) groups is 3. The third-order valence-electron chi connectivity index (χ3n) is 4.09. The van der Waals surface area contributed by atoms with Crippen LogP contribution in [0.25, 0.3) is 0 Å². The molecule has 2 N–H and O–H groups in total. The van der Waals surface area contributed by atoms with E-state index < -0.39 is 23.8 Å². The number of Topliss-reactive ketones (excluding diaryl/α,β-unsaturated/α-hetero) is 1. The summed E-state index contributed by atoms with van der Waals surface area (Å²) in [6.07, 6.45) is -1.10. The molecule has 2 rings (SSSR count). The number of amides is 1. The number of aromatic amines is 1. The topological polar surface area (TPSA) is 88.3 Å². The van der Waals surface area contributed by atoms with Crippen molar-refractivity contribution in [3.63, 3.8) is 0 Å². The molecule has 1 heterocycles. The zero-order valence-electron chi connectivity index (χ0n) is 15.3. The quantitative estimate of drug-likeness (QED) is 0.631. The maximum Gasteiger partial charge on any atom is 0.355 e. The van der Waals surface area contributed by atoms with Gasteiger partial charge in [0.2, 0.25) is 0 Å². The minimum Gasteiger partial charge on any atom is -0.448 e. The Morgan fingerprint density at radius 1 is 1.19 bits per heavy atom. The van der Waals surface area contributed by atoms with Crippen molar-refractivity contribution >= 4 is 23.3 Å². The maximum atomic E-state index is 13.5. The molecular weight excluding hydrogens is 339 g/mol. The fourth-order valence-corrected chi connectivity index (χ4v) is 2.67. The number of ether oxygens (including phenoxy) is 1. The van der Waals surface area contributed by atoms with Crippen LogP contribution in [0.15, 0.2) is 18.2 Å². The van der Waals surface area contributed by atoms with Gasteiger partial charge < -0.3 is 15.0 Å². The zero-order valence-corrected chi connectivity index (χ0v) is 15.3. The lowest BCUT2D eigenvalue weighted by Gasteiger charge is -2.14. The van der Waals surface area contributed by atoms with Crippen molar-refractivity contribution in [3.8, 4) is 0 Å². The number of benzene rings is 1. The van der Waals surface area contributed by atoms with Crippen LogP contribution in [0, 0.1) is 26.6 Å². The van der Waals surface area contributed by atoms with Crippen LogP contribution in [0.3, 0.4) is 0 Å². The van der Waals surface area contributed by atoms with Crippen LogP contribution in [-0.2, 0) is 9.53 Å². The molecule has 6 nitrogen and oxygen atoms in total. The third-order valence-corrected chi connectivity index (χ3v) is 4.09. The van der Waals surface area contributed by atoms with Crippen LogP contribution in [-0.4, -0.2) is 28.7 Å². The number of hydrogen-bond acceptors (Lipinski definition) is 4. The average Bonchev–Trinajstić information content (AvgIpc) is 2.85. The van der Waals surface area contributed by atoms with Gasteiger partial charge in [-0.2, -0.15) is 0 Å². The van der Waals surface area contributed by atoms with Crippen LogP contribution < -0.4 is 5.32 Å². The first kappa shape index (κ1) is 19.4. The Balaban J connectivity index is 2.09. The van der Waals surface area contributed by atoms with Gasteiger partial charge in [-0.3, -0.25) is 9.59 Å². The number of rotatable bonds is 5. The number of halogens is 1. The van der Waals surface area contributed by atoms with Crippen molar-refractivity contribution in [2.75, 3.05) is 5.32 Å². The van der Waals surface area contributed by atoms with Gasteiger partial charge >= 0.3 is 5.97 Å². The van der Waals surface area contributed by atoms with E-state index in [4.69, 9.17) is 4.74 Å². The fraction of sp³-hybridized carbons (Fsp3) is 0.316. The number of aryl methyl sites for hydroxylation is 2. The van der Waals surface area contributed by atoms with Crippen molar-refractivity contribution in [1.82, 2.24) is 4.98 Å². The summed E-state index contributed by atoms with van der Waals surface area (Å²) >= 11 is 0. The number of nitrogens with one attached hydrogen (secondary N) is 2. The molecule has 0 spiro atoms. The second-order valence-electron chi connectivity index (χ2n) is 6.18. The molecule has 1 aromatic carbocycles. The molecule has 0 radical (unpaired) electrons. The molecule has 138 valence electrons. The van der Waals surface area contributed by atoms with Crippen molar-refractivity contribution < 1.29 is 23.5 Å². The number of H-pyrrole nitrogens is 1. The van der Waals surface area contributed by atoms with Gasteiger partial charge in [0.05, 0.1) is 0 Å². The summed E-state index contributed by atoms with van der Waals surface area (Å²) in [5.74, 6) is -1.94. The van der Waals surface area contributed by atoms with E-state index in [1.807, 2.05) is 0 Å². The maximum absolute atomic E-state index is 13.5. The highest BCUT2D eigenvalue weighted by Gasteiger charge is 2.24. The molecule has 1 atom stereocenters. The van der Waals surface area contributed by atoms with Crippen LogP contribution in [0.4, 0.5) is 10.1 Å². The molecule has 2 aromatic rings. The molecule has 0 fully saturated rings. The van der Waals surface area contributed by atoms with Crippen molar-refractivity contribution in [3.05, 3.63) is 52.1 Å². The molecule has 1 amide bonds. The van der Waals surface area contributed by atoms with Gasteiger partial charge in [-0.15, -0.1) is 0 Å². The second kappa shape index (κ2) is 7.51. The van der Waals surface area contributed by atoms with E-state index >= 15 is 0 Å². The van der Waals surface area contributed by atoms with E-state index in [1.54, 1.807) is 26.8 Å². The van der Waals surface area contributed by atoms with Gasteiger partial charge in [0.1, 0.15) is 11.5 Å². The molecule has 1 aromatic heterocycles. The summed E-state index contributed by atoms with van der Waals surface area (Å²) in [7, 11) is 0. The first-order chi connectivity index (χ1) is 12.1. The number of anilines is 1. The molecule has 0 saturated heterocycles. The predicted octanol–water partition coefficient (Wildman–Crippen LogP) is 3.47. The summed E-state index contributed by atoms with van der Waals surface area (Å²) in [6.45, 7) is 7.75. The van der Waals surface area contributed by atoms with Gasteiger partial charge in [-0.05, 0) is 57.9 Å². The molecule has 26 heavy (non-hydrogen) atoms. The molecular formula is C19H21FN2O4.